The van der Waals surface area contributed by atoms with Gasteiger partial charge in [0.1, 0.15) is 11.4 Å². The first-order valence-corrected chi connectivity index (χ1v) is 4.60. The summed E-state index contributed by atoms with van der Waals surface area (Å²) in [6.45, 7) is 2.16. The van der Waals surface area contributed by atoms with Crippen molar-refractivity contribution in [3.05, 3.63) is 30.4 Å². The number of aliphatic imine (C=N–C) groups is 1. The summed E-state index contributed by atoms with van der Waals surface area (Å²) in [6.07, 6.45) is 11.7. The second-order valence-corrected chi connectivity index (χ2v) is 3.25. The summed E-state index contributed by atoms with van der Waals surface area (Å²) in [5.74, 6) is 0.944. The predicted octanol–water partition coefficient (Wildman–Crippen LogP) is 2.05. The number of allylic oxidation sites excluding steroid dienone is 1. The number of hydrogen-bond acceptors (Lipinski definition) is 2. The number of imidazole rings is 1. The van der Waals surface area contributed by atoms with Gasteiger partial charge in [0.05, 0.1) is 0 Å². The van der Waals surface area contributed by atoms with E-state index in [-0.39, 0.29) is 5.54 Å². The van der Waals surface area contributed by atoms with E-state index in [4.69, 9.17) is 0 Å². The van der Waals surface area contributed by atoms with Crippen LogP contribution in [0.4, 0.5) is 0 Å². The SMILES string of the molecule is CCCC1(c2ncc[nH]2)C=CC=N1. The van der Waals surface area contributed by atoms with Crippen LogP contribution in [0.1, 0.15) is 25.6 Å². The molecule has 2 rings (SSSR count). The van der Waals surface area contributed by atoms with Crippen molar-refractivity contribution in [2.75, 3.05) is 0 Å². The van der Waals surface area contributed by atoms with Crippen LogP contribution in [-0.4, -0.2) is 16.2 Å². The van der Waals surface area contributed by atoms with Crippen LogP contribution in [0.5, 0.6) is 0 Å². The summed E-state index contributed by atoms with van der Waals surface area (Å²) in [4.78, 5) is 11.9. The van der Waals surface area contributed by atoms with Gasteiger partial charge in [0.15, 0.2) is 0 Å². The van der Waals surface area contributed by atoms with Gasteiger partial charge < -0.3 is 4.98 Å². The van der Waals surface area contributed by atoms with Gasteiger partial charge in [-0.15, -0.1) is 0 Å². The van der Waals surface area contributed by atoms with E-state index in [9.17, 15) is 0 Å². The maximum atomic E-state index is 4.47. The lowest BCUT2D eigenvalue weighted by atomic mass is 9.94. The second-order valence-electron chi connectivity index (χ2n) is 3.25. The molecule has 0 bridgehead atoms. The molecule has 1 N–H and O–H groups in total. The second kappa shape index (κ2) is 3.17. The Hall–Kier alpha value is -1.38. The molecule has 0 radical (unpaired) electrons. The number of rotatable bonds is 3. The first-order chi connectivity index (χ1) is 6.37. The molecule has 0 saturated carbocycles. The van der Waals surface area contributed by atoms with Crippen LogP contribution in [0.2, 0.25) is 0 Å². The Morgan fingerprint density at radius 3 is 3.00 bits per heavy atom. The Kier molecular flexibility index (Phi) is 2.00. The quantitative estimate of drug-likeness (QED) is 0.750. The van der Waals surface area contributed by atoms with E-state index < -0.39 is 0 Å². The Labute approximate surface area is 77.6 Å². The van der Waals surface area contributed by atoms with E-state index >= 15 is 0 Å². The highest BCUT2D eigenvalue weighted by atomic mass is 15.0. The molecule has 1 atom stereocenters. The van der Waals surface area contributed by atoms with Gasteiger partial charge in [0.25, 0.3) is 0 Å². The van der Waals surface area contributed by atoms with Crippen LogP contribution in [0.3, 0.4) is 0 Å². The Bertz CT molecular complexity index is 310. The summed E-state index contributed by atoms with van der Waals surface area (Å²) >= 11 is 0. The average molecular weight is 175 g/mol. The van der Waals surface area contributed by atoms with Gasteiger partial charge in [-0.2, -0.15) is 0 Å². The van der Waals surface area contributed by atoms with Crippen molar-refractivity contribution in [3.63, 3.8) is 0 Å². The Balaban J connectivity index is 2.34. The van der Waals surface area contributed by atoms with Crippen LogP contribution >= 0.6 is 0 Å². The monoisotopic (exact) mass is 175 g/mol. The largest absolute Gasteiger partial charge is 0.346 e. The van der Waals surface area contributed by atoms with E-state index in [0.29, 0.717) is 0 Å². The lowest BCUT2D eigenvalue weighted by molar-refractivity contribution is 0.489. The molecule has 0 amide bonds. The minimum atomic E-state index is -0.210. The topological polar surface area (TPSA) is 41.0 Å². The molecule has 2 heterocycles. The van der Waals surface area contributed by atoms with Gasteiger partial charge in [0, 0.05) is 18.6 Å². The van der Waals surface area contributed by atoms with Crippen molar-refractivity contribution in [2.24, 2.45) is 4.99 Å². The zero-order chi connectivity index (χ0) is 9.15. The fraction of sp³-hybridized carbons (Fsp3) is 0.400. The molecule has 1 aliphatic heterocycles. The fourth-order valence-electron chi connectivity index (χ4n) is 1.71. The average Bonchev–Trinajstić information content (AvgIpc) is 2.73. The molecule has 0 spiro atoms. The van der Waals surface area contributed by atoms with Crippen molar-refractivity contribution in [1.29, 1.82) is 0 Å². The third-order valence-corrected chi connectivity index (χ3v) is 2.30. The summed E-state index contributed by atoms with van der Waals surface area (Å²) < 4.78 is 0. The highest BCUT2D eigenvalue weighted by Crippen LogP contribution is 2.32. The zero-order valence-corrected chi connectivity index (χ0v) is 7.70. The third kappa shape index (κ3) is 1.30. The molecule has 0 fully saturated rings. The normalized spacial score (nSPS) is 25.6. The van der Waals surface area contributed by atoms with Crippen LogP contribution < -0.4 is 0 Å². The smallest absolute Gasteiger partial charge is 0.138 e. The molecular weight excluding hydrogens is 162 g/mol. The lowest BCUT2D eigenvalue weighted by Gasteiger charge is -2.20. The van der Waals surface area contributed by atoms with Crippen molar-refractivity contribution in [2.45, 2.75) is 25.3 Å². The molecular formula is C10H13N3. The van der Waals surface area contributed by atoms with Gasteiger partial charge in [-0.3, -0.25) is 4.99 Å². The van der Waals surface area contributed by atoms with Gasteiger partial charge in [-0.1, -0.05) is 13.3 Å². The summed E-state index contributed by atoms with van der Waals surface area (Å²) in [5.41, 5.74) is -0.210. The van der Waals surface area contributed by atoms with Gasteiger partial charge >= 0.3 is 0 Å². The third-order valence-electron chi connectivity index (χ3n) is 2.30. The molecule has 0 saturated heterocycles. The standard InChI is InChI=1S/C10H13N3/c1-2-4-10(5-3-6-13-10)9-11-7-8-12-9/h3,5-8H,2,4H2,1H3,(H,11,12). The van der Waals surface area contributed by atoms with Crippen LogP contribution in [0, 0.1) is 0 Å². The number of aromatic nitrogens is 2. The summed E-state index contributed by atoms with van der Waals surface area (Å²) in [7, 11) is 0. The number of H-pyrrole nitrogens is 1. The Morgan fingerprint density at radius 1 is 1.54 bits per heavy atom. The molecule has 1 aromatic rings. The van der Waals surface area contributed by atoms with Crippen molar-refractivity contribution in [1.82, 2.24) is 9.97 Å². The number of hydrogen-bond donors (Lipinski definition) is 1. The molecule has 0 aromatic carbocycles. The number of aromatic amines is 1. The zero-order valence-electron chi connectivity index (χ0n) is 7.70. The van der Waals surface area contributed by atoms with Crippen LogP contribution in [0.25, 0.3) is 0 Å². The van der Waals surface area contributed by atoms with E-state index in [2.05, 4.69) is 28.0 Å². The van der Waals surface area contributed by atoms with Crippen molar-refractivity contribution in [3.8, 4) is 0 Å². The molecule has 13 heavy (non-hydrogen) atoms. The van der Waals surface area contributed by atoms with Crippen molar-refractivity contribution < 1.29 is 0 Å². The fourth-order valence-corrected chi connectivity index (χ4v) is 1.71. The van der Waals surface area contributed by atoms with E-state index in [1.54, 1.807) is 6.20 Å². The van der Waals surface area contributed by atoms with Crippen LogP contribution in [0.15, 0.2) is 29.5 Å². The predicted molar refractivity (Wildman–Crippen MR) is 52.8 cm³/mol. The van der Waals surface area contributed by atoms with E-state index in [1.165, 1.54) is 0 Å². The summed E-state index contributed by atoms with van der Waals surface area (Å²) in [5, 5.41) is 0. The highest BCUT2D eigenvalue weighted by Gasteiger charge is 2.31. The van der Waals surface area contributed by atoms with E-state index in [0.717, 1.165) is 18.7 Å². The molecule has 1 aromatic heterocycles. The summed E-state index contributed by atoms with van der Waals surface area (Å²) in [6, 6.07) is 0. The van der Waals surface area contributed by atoms with Gasteiger partial charge in [-0.25, -0.2) is 4.98 Å². The number of nitrogens with one attached hydrogen (secondary N) is 1. The van der Waals surface area contributed by atoms with Crippen LogP contribution in [-0.2, 0) is 5.54 Å². The minimum Gasteiger partial charge on any atom is -0.346 e. The molecule has 1 unspecified atom stereocenters. The van der Waals surface area contributed by atoms with E-state index in [1.807, 2.05) is 18.5 Å². The first kappa shape index (κ1) is 8.23. The molecule has 0 aliphatic carbocycles. The molecule has 3 nitrogen and oxygen atoms in total. The maximum absolute atomic E-state index is 4.47. The Morgan fingerprint density at radius 2 is 2.46 bits per heavy atom. The minimum absolute atomic E-state index is 0.210. The first-order valence-electron chi connectivity index (χ1n) is 4.60. The molecule has 1 aliphatic rings. The van der Waals surface area contributed by atoms with Crippen molar-refractivity contribution >= 4 is 6.21 Å². The number of nitrogens with zero attached hydrogens (tertiary/aromatic N) is 2. The van der Waals surface area contributed by atoms with Gasteiger partial charge in [0.2, 0.25) is 0 Å². The molecule has 3 heteroatoms. The highest BCUT2D eigenvalue weighted by molar-refractivity contribution is 5.75. The molecule has 68 valence electrons. The lowest BCUT2D eigenvalue weighted by Crippen LogP contribution is -2.20. The maximum Gasteiger partial charge on any atom is 0.138 e. The van der Waals surface area contributed by atoms with Gasteiger partial charge in [-0.05, 0) is 18.6 Å².